The Kier molecular flexibility index (Phi) is 7.64. The quantitative estimate of drug-likeness (QED) is 0.110. The predicted octanol–water partition coefficient (Wildman–Crippen LogP) is 8.41. The average molecular weight is 778 g/mol. The zero-order chi connectivity index (χ0) is 39.5. The second kappa shape index (κ2) is 12.4. The van der Waals surface area contributed by atoms with Crippen molar-refractivity contribution in [1.82, 2.24) is 29.5 Å². The molecule has 0 aromatic carbocycles. The highest BCUT2D eigenvalue weighted by Crippen LogP contribution is 2.93. The van der Waals surface area contributed by atoms with E-state index >= 15 is 0 Å². The van der Waals surface area contributed by atoms with Crippen LogP contribution in [0.4, 0.5) is 0 Å². The average Bonchev–Trinajstić information content (AvgIpc) is 3.89. The van der Waals surface area contributed by atoms with Crippen LogP contribution >= 0.6 is 23.2 Å². The molecule has 0 radical (unpaired) electrons. The molecule has 4 heterocycles. The molecule has 0 amide bonds. The molecular weight excluding hydrogens is 731 g/mol. The van der Waals surface area contributed by atoms with Crippen molar-refractivity contribution in [3.8, 4) is 23.4 Å². The van der Waals surface area contributed by atoms with Gasteiger partial charge >= 0.3 is 11.9 Å². The molecule has 1 N–H and O–H groups in total. The van der Waals surface area contributed by atoms with E-state index in [2.05, 4.69) is 20.2 Å². The van der Waals surface area contributed by atoms with Crippen LogP contribution in [0.1, 0.15) is 108 Å². The molecule has 6 saturated carbocycles. The van der Waals surface area contributed by atoms with Gasteiger partial charge in [0.2, 0.25) is 11.8 Å². The van der Waals surface area contributed by atoms with E-state index in [1.54, 1.807) is 68.2 Å². The van der Waals surface area contributed by atoms with Gasteiger partial charge in [-0.1, -0.05) is 23.2 Å². The summed E-state index contributed by atoms with van der Waals surface area (Å²) in [5.41, 5.74) is 0.826. The van der Waals surface area contributed by atoms with Crippen molar-refractivity contribution in [2.75, 3.05) is 13.2 Å². The molecule has 0 saturated heterocycles. The van der Waals surface area contributed by atoms with Gasteiger partial charge in [0.1, 0.15) is 15.9 Å². The highest BCUT2D eigenvalue weighted by molar-refractivity contribution is 6.32. The molecule has 14 heteroatoms. The fourth-order valence-electron chi connectivity index (χ4n) is 9.31. The number of aromatic nitrogens is 6. The highest BCUT2D eigenvalue weighted by atomic mass is 35.5. The molecule has 0 bridgehead atoms. The smallest absolute Gasteiger partial charge is 0.341 e. The number of esters is 1. The maximum Gasteiger partial charge on any atom is 0.341 e. The summed E-state index contributed by atoms with van der Waals surface area (Å²) in [5, 5.41) is 17.7. The van der Waals surface area contributed by atoms with E-state index in [1.807, 2.05) is 0 Å². The van der Waals surface area contributed by atoms with Crippen LogP contribution in [0.2, 0.25) is 10.3 Å². The van der Waals surface area contributed by atoms with Crippen LogP contribution in [0.3, 0.4) is 0 Å². The fraction of sp³-hybridized carbons (Fsp3) is 0.550. The van der Waals surface area contributed by atoms with Crippen molar-refractivity contribution < 1.29 is 31.6 Å². The molecule has 10 rings (SSSR count). The molecule has 0 atom stereocenters. The summed E-state index contributed by atoms with van der Waals surface area (Å²) in [6.45, 7) is 6.37. The van der Waals surface area contributed by atoms with Crippen molar-refractivity contribution in [2.24, 2.45) is 33.4 Å². The number of rotatable bonds is 12. The third kappa shape index (κ3) is 6.13. The summed E-state index contributed by atoms with van der Waals surface area (Å²) in [4.78, 5) is 31.6. The molecule has 4 aromatic rings. The van der Waals surface area contributed by atoms with Gasteiger partial charge in [-0.05, 0) is 143 Å². The summed E-state index contributed by atoms with van der Waals surface area (Å²) in [5.74, 6) is -0.350. The molecule has 6 aliphatic carbocycles. The maximum absolute atomic E-state index is 12.2. The minimum absolute atomic E-state index is 0.0489. The number of halogens is 2. The topological polar surface area (TPSA) is 143 Å². The first-order chi connectivity index (χ1) is 26.5. The van der Waals surface area contributed by atoms with E-state index in [-0.39, 0.29) is 33.2 Å². The number of aromatic carboxylic acids is 1. The van der Waals surface area contributed by atoms with Gasteiger partial charge < -0.3 is 19.3 Å². The zero-order valence-corrected chi connectivity index (χ0v) is 32.0. The lowest BCUT2D eigenvalue weighted by molar-refractivity contribution is 0.00690. The summed E-state index contributed by atoms with van der Waals surface area (Å²) in [6.07, 6.45) is 14.7. The molecule has 6 fully saturated rings. The number of ether oxygens (including phenoxy) is 3. The first kappa shape index (κ1) is 33.2. The van der Waals surface area contributed by atoms with Gasteiger partial charge in [-0.2, -0.15) is 0 Å². The Balaban J connectivity index is 0.000000148. The van der Waals surface area contributed by atoms with Crippen molar-refractivity contribution in [2.45, 2.75) is 90.6 Å². The molecule has 0 aliphatic heterocycles. The summed E-state index contributed by atoms with van der Waals surface area (Å²) >= 11 is 12.1. The number of hydrogen-bond acceptors (Lipinski definition) is 9. The molecule has 54 heavy (non-hydrogen) atoms. The molecule has 12 nitrogen and oxygen atoms in total. The number of nitrogens with zero attached hydrogens (tertiary/aromatic N) is 6. The summed E-state index contributed by atoms with van der Waals surface area (Å²) in [6, 6.07) is 9.68. The lowest BCUT2D eigenvalue weighted by Gasteiger charge is -2.19. The van der Waals surface area contributed by atoms with Crippen molar-refractivity contribution in [3.63, 3.8) is 0 Å². The van der Waals surface area contributed by atoms with Crippen LogP contribution in [-0.2, 0) is 4.74 Å². The molecule has 284 valence electrons. The number of hydrogen-bond donors (Lipinski definition) is 1. The number of carbonyl (C=O) groups excluding carboxylic acids is 1. The SMILES string of the molecule is [2H]C1(CCOc2ccn(-c3ccc(C(=O)O)c(Cl)n3)n2)C2(CC2)C12CC2.[2H]C1(CCOc2ccn(-c3ccc(C(=O)OC(C)(C)C)c(Cl)n3)n2)C2(CC2)C12CC2. The number of pyridine rings is 2. The Bertz CT molecular complexity index is 2220. The van der Waals surface area contributed by atoms with E-state index in [9.17, 15) is 9.59 Å². The van der Waals surface area contributed by atoms with Gasteiger partial charge in [0, 0.05) is 27.3 Å². The predicted molar refractivity (Wildman–Crippen MR) is 199 cm³/mol. The molecule has 4 spiro atoms. The van der Waals surface area contributed by atoms with Gasteiger partial charge in [-0.3, -0.25) is 0 Å². The number of fused-ring (bicyclic) bond motifs is 2. The van der Waals surface area contributed by atoms with Gasteiger partial charge in [-0.25, -0.2) is 28.9 Å². The van der Waals surface area contributed by atoms with Gasteiger partial charge in [0.05, 0.1) is 24.3 Å². The van der Waals surface area contributed by atoms with E-state index in [0.29, 0.717) is 58.3 Å². The third-order valence-corrected chi connectivity index (χ3v) is 12.9. The summed E-state index contributed by atoms with van der Waals surface area (Å²) < 4.78 is 37.6. The van der Waals surface area contributed by atoms with Crippen molar-refractivity contribution in [1.29, 1.82) is 0 Å². The standard InChI is InChI=1S/C22H26ClN3O3.C18H18ClN3O3/c1-20(2,3)29-19(27)14-4-5-16(24-18(14)23)26-12-6-17(25-26)28-13-7-15-21(8-9-21)22(15)10-11-22;19-15-11(16(23)24)1-2-13(20-15)22-9-3-14(21-22)25-10-4-12-17(5-6-17)18(12)7-8-18/h4-6,12,15H,7-11,13H2,1-3H3;1-3,9,12H,4-8,10H2,(H,23,24)/i15D;12D. The van der Waals surface area contributed by atoms with Crippen LogP contribution in [0.15, 0.2) is 48.8 Å². The molecule has 0 unspecified atom stereocenters. The van der Waals surface area contributed by atoms with Crippen LogP contribution in [-0.4, -0.2) is 65.4 Å². The first-order valence-electron chi connectivity index (χ1n) is 19.7. The summed E-state index contributed by atoms with van der Waals surface area (Å²) in [7, 11) is 0. The molecule has 4 aromatic heterocycles. The molecule has 6 aliphatic rings. The van der Waals surface area contributed by atoms with E-state index in [1.165, 1.54) is 62.1 Å². The Hall–Kier alpha value is -4.16. The van der Waals surface area contributed by atoms with Gasteiger partial charge in [-0.15, -0.1) is 10.2 Å². The van der Waals surface area contributed by atoms with Crippen LogP contribution in [0, 0.1) is 33.4 Å². The van der Waals surface area contributed by atoms with Crippen molar-refractivity contribution >= 4 is 35.1 Å². The number of carboxylic acids is 1. The van der Waals surface area contributed by atoms with Gasteiger partial charge in [0.25, 0.3) is 0 Å². The zero-order valence-electron chi connectivity index (χ0n) is 32.5. The monoisotopic (exact) mass is 776 g/mol. The molecular formula is C40H44Cl2N6O6. The Morgan fingerprint density at radius 1 is 0.741 bits per heavy atom. The minimum atomic E-state index is -1.12. The van der Waals surface area contributed by atoms with E-state index in [4.69, 9.17) is 45.3 Å². The fourth-order valence-corrected chi connectivity index (χ4v) is 9.77. The third-order valence-electron chi connectivity index (χ3n) is 12.3. The first-order valence-corrected chi connectivity index (χ1v) is 19.5. The lowest BCUT2D eigenvalue weighted by Crippen LogP contribution is -2.24. The lowest BCUT2D eigenvalue weighted by atomic mass is 10.2. The second-order valence-electron chi connectivity index (χ2n) is 16.5. The van der Waals surface area contributed by atoms with Crippen molar-refractivity contribution in [3.05, 3.63) is 70.2 Å². The van der Waals surface area contributed by atoms with Crippen LogP contribution < -0.4 is 9.47 Å². The van der Waals surface area contributed by atoms with Gasteiger partial charge in [0.15, 0.2) is 11.6 Å². The van der Waals surface area contributed by atoms with Crippen LogP contribution in [0.5, 0.6) is 11.8 Å². The Labute approximate surface area is 326 Å². The highest BCUT2D eigenvalue weighted by Gasteiger charge is 2.86. The Morgan fingerprint density at radius 3 is 1.50 bits per heavy atom. The van der Waals surface area contributed by atoms with E-state index < -0.39 is 17.5 Å². The maximum atomic E-state index is 12.2. The van der Waals surface area contributed by atoms with E-state index in [0.717, 1.165) is 12.8 Å². The largest absolute Gasteiger partial charge is 0.478 e. The minimum Gasteiger partial charge on any atom is -0.478 e. The Morgan fingerprint density at radius 2 is 1.15 bits per heavy atom. The number of carboxylic acid groups (broad SMARTS) is 1. The van der Waals surface area contributed by atoms with Crippen LogP contribution in [0.25, 0.3) is 11.6 Å². The second-order valence-corrected chi connectivity index (χ2v) is 17.2. The normalized spacial score (nSPS) is 22.8. The number of carbonyl (C=O) groups is 2.